The van der Waals surface area contributed by atoms with Crippen molar-refractivity contribution in [1.82, 2.24) is 0 Å². The number of rotatable bonds is 1. The van der Waals surface area contributed by atoms with Crippen LogP contribution in [0.15, 0.2) is 24.3 Å². The third-order valence-electron chi connectivity index (χ3n) is 4.30. The quantitative estimate of drug-likeness (QED) is 0.632. The van der Waals surface area contributed by atoms with Crippen LogP contribution in [0.2, 0.25) is 16.6 Å². The molecule has 0 heterocycles. The SMILES string of the molecule is CC(C)(C)[Si](C)(c1cc[c]cc1)C(C)(C)C. The van der Waals surface area contributed by atoms with Gasteiger partial charge in [-0.15, -0.1) is 0 Å². The molecule has 0 aliphatic heterocycles. The largest absolute Gasteiger partial charge is 0.0942 e. The van der Waals surface area contributed by atoms with Crippen molar-refractivity contribution >= 4 is 13.3 Å². The smallest absolute Gasteiger partial charge is 0.0645 e. The van der Waals surface area contributed by atoms with Gasteiger partial charge < -0.3 is 0 Å². The summed E-state index contributed by atoms with van der Waals surface area (Å²) in [4.78, 5) is 0. The van der Waals surface area contributed by atoms with Gasteiger partial charge in [-0.25, -0.2) is 0 Å². The number of hydrogen-bond donors (Lipinski definition) is 0. The Morgan fingerprint density at radius 2 is 1.25 bits per heavy atom. The van der Waals surface area contributed by atoms with Gasteiger partial charge in [-0.1, -0.05) is 77.5 Å². The van der Waals surface area contributed by atoms with E-state index in [1.165, 1.54) is 0 Å². The fourth-order valence-electron chi connectivity index (χ4n) is 2.71. The standard InChI is InChI=1S/C15H25Si/c1-14(2,3)16(7,15(4,5)6)13-11-9-8-10-12-13/h9-12H,1-7H3. The van der Waals surface area contributed by atoms with E-state index < -0.39 is 8.07 Å². The van der Waals surface area contributed by atoms with Gasteiger partial charge in [0.1, 0.15) is 0 Å². The minimum atomic E-state index is -1.55. The maximum atomic E-state index is 3.13. The highest BCUT2D eigenvalue weighted by atomic mass is 28.3. The van der Waals surface area contributed by atoms with Gasteiger partial charge in [-0.05, 0) is 16.1 Å². The molecule has 0 N–H and O–H groups in total. The van der Waals surface area contributed by atoms with Crippen LogP contribution < -0.4 is 5.19 Å². The molecule has 0 bridgehead atoms. The van der Waals surface area contributed by atoms with Gasteiger partial charge in [0.2, 0.25) is 0 Å². The van der Waals surface area contributed by atoms with Crippen LogP contribution in [0.1, 0.15) is 41.5 Å². The van der Waals surface area contributed by atoms with Crippen molar-refractivity contribution in [3.05, 3.63) is 30.3 Å². The van der Waals surface area contributed by atoms with Crippen molar-refractivity contribution in [2.24, 2.45) is 0 Å². The van der Waals surface area contributed by atoms with E-state index in [9.17, 15) is 0 Å². The van der Waals surface area contributed by atoms with Crippen LogP contribution in [0, 0.1) is 6.07 Å². The van der Waals surface area contributed by atoms with Gasteiger partial charge in [0.25, 0.3) is 0 Å². The van der Waals surface area contributed by atoms with Crippen LogP contribution in [0.3, 0.4) is 0 Å². The summed E-state index contributed by atoms with van der Waals surface area (Å²) >= 11 is 0. The summed E-state index contributed by atoms with van der Waals surface area (Å²) in [5.41, 5.74) is 0. The van der Waals surface area contributed by atoms with Gasteiger partial charge in [0.05, 0.1) is 8.07 Å². The maximum absolute atomic E-state index is 3.13. The highest BCUT2D eigenvalue weighted by Crippen LogP contribution is 2.50. The fourth-order valence-corrected chi connectivity index (χ4v) is 7.53. The van der Waals surface area contributed by atoms with Crippen molar-refractivity contribution in [2.45, 2.75) is 58.2 Å². The number of benzene rings is 1. The zero-order valence-corrected chi connectivity index (χ0v) is 12.8. The lowest BCUT2D eigenvalue weighted by molar-refractivity contribution is 0.629. The van der Waals surface area contributed by atoms with E-state index in [-0.39, 0.29) is 0 Å². The van der Waals surface area contributed by atoms with Gasteiger partial charge >= 0.3 is 0 Å². The summed E-state index contributed by atoms with van der Waals surface area (Å²) in [6, 6.07) is 11.8. The average Bonchev–Trinajstić information content (AvgIpc) is 2.14. The summed E-state index contributed by atoms with van der Waals surface area (Å²) in [5, 5.41) is 2.28. The molecule has 0 fully saturated rings. The molecule has 0 aromatic heterocycles. The molecule has 1 aromatic rings. The normalized spacial score (nSPS) is 13.9. The van der Waals surface area contributed by atoms with E-state index in [2.05, 4.69) is 78.4 Å². The Morgan fingerprint density at radius 3 is 1.56 bits per heavy atom. The summed E-state index contributed by atoms with van der Waals surface area (Å²) in [6.07, 6.45) is 0. The molecule has 0 atom stereocenters. The predicted octanol–water partition coefficient (Wildman–Crippen LogP) is 4.37. The molecule has 0 unspecified atom stereocenters. The van der Waals surface area contributed by atoms with Crippen molar-refractivity contribution in [2.75, 3.05) is 0 Å². The third kappa shape index (κ3) is 2.10. The highest BCUT2D eigenvalue weighted by Gasteiger charge is 2.49. The van der Waals surface area contributed by atoms with Crippen LogP contribution in [-0.2, 0) is 0 Å². The highest BCUT2D eigenvalue weighted by molar-refractivity contribution is 6.95. The van der Waals surface area contributed by atoms with Crippen LogP contribution in [0.25, 0.3) is 0 Å². The van der Waals surface area contributed by atoms with Crippen LogP contribution in [0.4, 0.5) is 0 Å². The molecule has 1 heteroatoms. The van der Waals surface area contributed by atoms with E-state index in [0.29, 0.717) is 10.1 Å². The van der Waals surface area contributed by atoms with E-state index in [0.717, 1.165) is 0 Å². The molecule has 0 saturated heterocycles. The molecule has 1 radical (unpaired) electrons. The molecule has 1 rings (SSSR count). The first-order valence-electron chi connectivity index (χ1n) is 6.07. The molecule has 0 nitrogen and oxygen atoms in total. The van der Waals surface area contributed by atoms with E-state index >= 15 is 0 Å². The van der Waals surface area contributed by atoms with E-state index in [1.807, 2.05) is 0 Å². The Balaban J connectivity index is 3.39. The van der Waals surface area contributed by atoms with E-state index in [1.54, 1.807) is 5.19 Å². The first-order chi connectivity index (χ1) is 7.11. The third-order valence-corrected chi connectivity index (χ3v) is 11.8. The molecule has 0 aliphatic carbocycles. The topological polar surface area (TPSA) is 0 Å². The molecule has 16 heavy (non-hydrogen) atoms. The van der Waals surface area contributed by atoms with Crippen molar-refractivity contribution in [3.63, 3.8) is 0 Å². The van der Waals surface area contributed by atoms with Gasteiger partial charge in [-0.2, -0.15) is 0 Å². The second-order valence-corrected chi connectivity index (χ2v) is 12.7. The lowest BCUT2D eigenvalue weighted by atomic mass is 10.2. The number of hydrogen-bond acceptors (Lipinski definition) is 0. The van der Waals surface area contributed by atoms with Gasteiger partial charge in [0.15, 0.2) is 0 Å². The molecule has 0 aliphatic rings. The van der Waals surface area contributed by atoms with Crippen molar-refractivity contribution in [1.29, 1.82) is 0 Å². The summed E-state index contributed by atoms with van der Waals surface area (Å²) < 4.78 is 0. The second kappa shape index (κ2) is 4.03. The minimum Gasteiger partial charge on any atom is -0.0645 e. The monoisotopic (exact) mass is 233 g/mol. The lowest BCUT2D eigenvalue weighted by Gasteiger charge is -2.50. The molecular formula is C15H25Si. The Morgan fingerprint density at radius 1 is 0.875 bits per heavy atom. The van der Waals surface area contributed by atoms with Crippen molar-refractivity contribution in [3.8, 4) is 0 Å². The molecule has 0 spiro atoms. The average molecular weight is 233 g/mol. The Kier molecular flexibility index (Phi) is 3.40. The maximum Gasteiger partial charge on any atom is 0.0942 e. The summed E-state index contributed by atoms with van der Waals surface area (Å²) in [7, 11) is -1.55. The van der Waals surface area contributed by atoms with Crippen LogP contribution >= 0.6 is 0 Å². The molecule has 1 aromatic carbocycles. The zero-order valence-electron chi connectivity index (χ0n) is 11.8. The molecule has 0 saturated carbocycles. The minimum absolute atomic E-state index is 0.368. The first kappa shape index (κ1) is 13.5. The Hall–Kier alpha value is -0.563. The zero-order chi connectivity index (χ0) is 12.6. The van der Waals surface area contributed by atoms with Gasteiger partial charge in [0, 0.05) is 0 Å². The Bertz CT molecular complexity index is 324. The first-order valence-corrected chi connectivity index (χ1v) is 8.57. The molecule has 0 amide bonds. The van der Waals surface area contributed by atoms with Crippen molar-refractivity contribution < 1.29 is 0 Å². The second-order valence-electron chi connectivity index (χ2n) is 6.91. The van der Waals surface area contributed by atoms with Crippen LogP contribution in [-0.4, -0.2) is 8.07 Å². The van der Waals surface area contributed by atoms with E-state index in [4.69, 9.17) is 0 Å². The van der Waals surface area contributed by atoms with Gasteiger partial charge in [-0.3, -0.25) is 0 Å². The fraction of sp³-hybridized carbons (Fsp3) is 0.600. The summed E-state index contributed by atoms with van der Waals surface area (Å²) in [6.45, 7) is 16.9. The summed E-state index contributed by atoms with van der Waals surface area (Å²) in [5.74, 6) is 0. The molecular weight excluding hydrogens is 208 g/mol. The van der Waals surface area contributed by atoms with Crippen LogP contribution in [0.5, 0.6) is 0 Å². The Labute approximate surface area is 102 Å². The lowest BCUT2D eigenvalue weighted by Crippen LogP contribution is -2.58. The molecule has 89 valence electrons. The predicted molar refractivity (Wildman–Crippen MR) is 76.0 cm³/mol.